The smallest absolute Gasteiger partial charge is 0.248 e. The van der Waals surface area contributed by atoms with Gasteiger partial charge in [-0.2, -0.15) is 0 Å². The summed E-state index contributed by atoms with van der Waals surface area (Å²) in [7, 11) is 0. The van der Waals surface area contributed by atoms with Gasteiger partial charge in [-0.1, -0.05) is 6.07 Å². The number of hydrogen-bond acceptors (Lipinski definition) is 3. The number of aromatic nitrogens is 1. The average molecular weight is 249 g/mol. The Kier molecular flexibility index (Phi) is 3.81. The van der Waals surface area contributed by atoms with E-state index in [1.54, 1.807) is 6.07 Å². The van der Waals surface area contributed by atoms with Gasteiger partial charge < -0.3 is 16.0 Å². The van der Waals surface area contributed by atoms with Crippen LogP contribution >= 0.6 is 0 Å². The summed E-state index contributed by atoms with van der Waals surface area (Å²) in [4.78, 5) is 25.0. The number of amides is 1. The van der Waals surface area contributed by atoms with Crippen LogP contribution in [0.2, 0.25) is 0 Å². The molecule has 0 saturated carbocycles. The summed E-state index contributed by atoms with van der Waals surface area (Å²) in [6.07, 6.45) is 3.29. The molecule has 0 aromatic carbocycles. The molecule has 98 valence electrons. The van der Waals surface area contributed by atoms with Crippen LogP contribution in [0.1, 0.15) is 43.5 Å². The molecule has 0 saturated heterocycles. The average Bonchev–Trinajstić information content (AvgIpc) is 2.27. The van der Waals surface area contributed by atoms with Gasteiger partial charge in [0.05, 0.1) is 0 Å². The van der Waals surface area contributed by atoms with Crippen LogP contribution < -0.4 is 16.6 Å². The number of fused-ring (bicyclic) bond motifs is 1. The zero-order valence-electron chi connectivity index (χ0n) is 10.5. The Hall–Kier alpha value is -1.62. The minimum Gasteiger partial charge on any atom is -0.370 e. The minimum absolute atomic E-state index is 0.0466. The molecular formula is C13H19N3O2. The lowest BCUT2D eigenvalue weighted by Gasteiger charge is -2.28. The lowest BCUT2D eigenvalue weighted by molar-refractivity contribution is -0.118. The number of rotatable bonds is 4. The second-order valence-corrected chi connectivity index (χ2v) is 4.94. The van der Waals surface area contributed by atoms with E-state index < -0.39 is 0 Å². The van der Waals surface area contributed by atoms with E-state index in [2.05, 4.69) is 10.3 Å². The van der Waals surface area contributed by atoms with Crippen molar-refractivity contribution in [2.75, 3.05) is 0 Å². The maximum Gasteiger partial charge on any atom is 0.248 e. The predicted octanol–water partition coefficient (Wildman–Crippen LogP) is 0.606. The normalized spacial score (nSPS) is 20.2. The fourth-order valence-corrected chi connectivity index (χ4v) is 2.58. The van der Waals surface area contributed by atoms with Gasteiger partial charge in [0.1, 0.15) is 0 Å². The third-order valence-corrected chi connectivity index (χ3v) is 3.32. The van der Waals surface area contributed by atoms with Crippen LogP contribution in [0.25, 0.3) is 0 Å². The van der Waals surface area contributed by atoms with Crippen molar-refractivity contribution in [2.45, 2.75) is 44.7 Å². The molecule has 4 N–H and O–H groups in total. The first-order valence-corrected chi connectivity index (χ1v) is 6.32. The van der Waals surface area contributed by atoms with Crippen LogP contribution in [0, 0.1) is 0 Å². The summed E-state index contributed by atoms with van der Waals surface area (Å²) in [5, 5.41) is 3.40. The lowest BCUT2D eigenvalue weighted by atomic mass is 9.90. The molecule has 0 bridgehead atoms. The second kappa shape index (κ2) is 5.35. The van der Waals surface area contributed by atoms with Crippen molar-refractivity contribution >= 4 is 5.91 Å². The van der Waals surface area contributed by atoms with E-state index in [9.17, 15) is 9.59 Å². The number of nitrogens with one attached hydrogen (secondary N) is 2. The van der Waals surface area contributed by atoms with E-state index in [1.807, 2.05) is 13.0 Å². The Labute approximate surface area is 106 Å². The molecular weight excluding hydrogens is 230 g/mol. The van der Waals surface area contributed by atoms with E-state index in [4.69, 9.17) is 5.73 Å². The Morgan fingerprint density at radius 3 is 3.11 bits per heavy atom. The molecule has 5 nitrogen and oxygen atoms in total. The Morgan fingerprint density at radius 1 is 1.61 bits per heavy atom. The number of primary amides is 1. The van der Waals surface area contributed by atoms with E-state index >= 15 is 0 Å². The first-order chi connectivity index (χ1) is 8.56. The highest BCUT2D eigenvalue weighted by molar-refractivity contribution is 5.74. The van der Waals surface area contributed by atoms with Gasteiger partial charge in [-0.3, -0.25) is 9.59 Å². The lowest BCUT2D eigenvalue weighted by Crippen LogP contribution is -2.36. The quantitative estimate of drug-likeness (QED) is 0.730. The number of aryl methyl sites for hydroxylation is 1. The van der Waals surface area contributed by atoms with E-state index in [0.29, 0.717) is 6.42 Å². The maximum atomic E-state index is 11.3. The van der Waals surface area contributed by atoms with Crippen LogP contribution in [0.5, 0.6) is 0 Å². The minimum atomic E-state index is -0.299. The summed E-state index contributed by atoms with van der Waals surface area (Å²) in [5.41, 5.74) is 7.28. The highest BCUT2D eigenvalue weighted by Gasteiger charge is 2.22. The number of carbonyl (C=O) groups is 1. The predicted molar refractivity (Wildman–Crippen MR) is 69.2 cm³/mol. The third kappa shape index (κ3) is 2.98. The molecule has 1 amide bonds. The molecule has 0 radical (unpaired) electrons. The van der Waals surface area contributed by atoms with E-state index in [0.717, 1.165) is 30.5 Å². The largest absolute Gasteiger partial charge is 0.370 e. The first-order valence-electron chi connectivity index (χ1n) is 6.32. The van der Waals surface area contributed by atoms with Crippen LogP contribution in [0.3, 0.4) is 0 Å². The van der Waals surface area contributed by atoms with Gasteiger partial charge in [0.2, 0.25) is 11.5 Å². The first kappa shape index (κ1) is 12.8. The van der Waals surface area contributed by atoms with Gasteiger partial charge in [0, 0.05) is 30.3 Å². The Balaban J connectivity index is 2.12. The highest BCUT2D eigenvalue weighted by Crippen LogP contribution is 2.27. The summed E-state index contributed by atoms with van der Waals surface area (Å²) in [6.45, 7) is 1.95. The van der Waals surface area contributed by atoms with Gasteiger partial charge in [-0.05, 0) is 31.7 Å². The number of H-pyrrole nitrogens is 1. The zero-order chi connectivity index (χ0) is 13.1. The van der Waals surface area contributed by atoms with E-state index in [1.165, 1.54) is 0 Å². The summed E-state index contributed by atoms with van der Waals surface area (Å²) < 4.78 is 0. The fourth-order valence-electron chi connectivity index (χ4n) is 2.58. The van der Waals surface area contributed by atoms with Crippen molar-refractivity contribution in [2.24, 2.45) is 5.73 Å². The molecule has 1 aliphatic rings. The zero-order valence-corrected chi connectivity index (χ0v) is 10.5. The molecule has 0 aliphatic heterocycles. The standard InChI is InChI=1S/C13H19N3O2/c1-8(7-12(14)17)15-10-3-2-4-11-9(10)5-6-13(18)16-11/h5-6,8,10,15H,2-4,7H2,1H3,(H2,14,17)(H,16,18). The number of carbonyl (C=O) groups excluding carboxylic acids is 1. The fraction of sp³-hybridized carbons (Fsp3) is 0.538. The van der Waals surface area contributed by atoms with Crippen LogP contribution in [0.15, 0.2) is 16.9 Å². The topological polar surface area (TPSA) is 88.0 Å². The molecule has 0 spiro atoms. The molecule has 1 aromatic rings. The van der Waals surface area contributed by atoms with Crippen LogP contribution in [0.4, 0.5) is 0 Å². The molecule has 2 rings (SSSR count). The van der Waals surface area contributed by atoms with Crippen molar-refractivity contribution in [1.29, 1.82) is 0 Å². The van der Waals surface area contributed by atoms with Crippen LogP contribution in [-0.2, 0) is 11.2 Å². The van der Waals surface area contributed by atoms with Crippen molar-refractivity contribution in [3.8, 4) is 0 Å². The van der Waals surface area contributed by atoms with Gasteiger partial charge in [-0.25, -0.2) is 0 Å². The van der Waals surface area contributed by atoms with Gasteiger partial charge in [-0.15, -0.1) is 0 Å². The Bertz CT molecular complexity index is 495. The summed E-state index contributed by atoms with van der Waals surface area (Å²) in [6, 6.07) is 3.67. The number of pyridine rings is 1. The Morgan fingerprint density at radius 2 is 2.39 bits per heavy atom. The van der Waals surface area contributed by atoms with Gasteiger partial charge >= 0.3 is 0 Å². The van der Waals surface area contributed by atoms with E-state index in [-0.39, 0.29) is 23.6 Å². The van der Waals surface area contributed by atoms with Crippen molar-refractivity contribution in [1.82, 2.24) is 10.3 Å². The van der Waals surface area contributed by atoms with Crippen molar-refractivity contribution in [3.63, 3.8) is 0 Å². The van der Waals surface area contributed by atoms with Crippen molar-refractivity contribution < 1.29 is 4.79 Å². The number of nitrogens with two attached hydrogens (primary N) is 1. The molecule has 18 heavy (non-hydrogen) atoms. The molecule has 2 unspecified atom stereocenters. The molecule has 0 fully saturated rings. The van der Waals surface area contributed by atoms with Crippen LogP contribution in [-0.4, -0.2) is 16.9 Å². The molecule has 1 aliphatic carbocycles. The number of hydrogen-bond donors (Lipinski definition) is 3. The van der Waals surface area contributed by atoms with Gasteiger partial charge in [0.25, 0.3) is 0 Å². The summed E-state index contributed by atoms with van der Waals surface area (Å²) in [5.74, 6) is -0.299. The molecule has 5 heteroatoms. The molecule has 1 heterocycles. The third-order valence-electron chi connectivity index (χ3n) is 3.32. The number of aromatic amines is 1. The highest BCUT2D eigenvalue weighted by atomic mass is 16.1. The summed E-state index contributed by atoms with van der Waals surface area (Å²) >= 11 is 0. The van der Waals surface area contributed by atoms with Crippen molar-refractivity contribution in [3.05, 3.63) is 33.7 Å². The second-order valence-electron chi connectivity index (χ2n) is 4.94. The molecule has 1 aromatic heterocycles. The van der Waals surface area contributed by atoms with Gasteiger partial charge in [0.15, 0.2) is 0 Å². The SMILES string of the molecule is CC(CC(N)=O)NC1CCCc2[nH]c(=O)ccc21. The molecule has 2 atom stereocenters. The maximum absolute atomic E-state index is 11.3. The monoisotopic (exact) mass is 249 g/mol.